The molecule has 0 radical (unpaired) electrons. The molecule has 0 fully saturated rings. The maximum Gasteiger partial charge on any atom is 0.573 e. The molecule has 0 aliphatic heterocycles. The van der Waals surface area contributed by atoms with Crippen molar-refractivity contribution < 1.29 is 46.4 Å². The SMILES string of the molecule is NCC(N)C(=O)OCCCCCCOc1ccc2c(c1)C=C(c1ccccc1)CC(CCc1ccc(OC(F)(F)F)c(C3=Cc4cc(OCCCOC(=O)C(N)CN)ccc4CCC3)c1)C2. The lowest BCUT2D eigenvalue weighted by Crippen LogP contribution is -2.39. The quantitative estimate of drug-likeness (QED) is 0.0413. The highest BCUT2D eigenvalue weighted by molar-refractivity contribution is 5.86. The Balaban J connectivity index is 1.12. The zero-order chi connectivity index (χ0) is 46.9. The largest absolute Gasteiger partial charge is 0.573 e. The van der Waals surface area contributed by atoms with Gasteiger partial charge in [-0.3, -0.25) is 9.59 Å². The molecular weight excluding hydrogens is 850 g/mol. The van der Waals surface area contributed by atoms with Gasteiger partial charge in [-0.1, -0.05) is 60.7 Å². The summed E-state index contributed by atoms with van der Waals surface area (Å²) in [6.45, 7) is 1.37. The number of alkyl halides is 3. The molecule has 0 saturated carbocycles. The van der Waals surface area contributed by atoms with E-state index in [0.717, 1.165) is 96.9 Å². The number of hydrogen-bond acceptors (Lipinski definition) is 11. The average Bonchev–Trinajstić information content (AvgIpc) is 3.64. The van der Waals surface area contributed by atoms with Gasteiger partial charge in [-0.05, 0) is 157 Å². The molecule has 4 aromatic carbocycles. The number of unbranched alkanes of at least 4 members (excludes halogenated alkanes) is 3. The van der Waals surface area contributed by atoms with Crippen LogP contribution in [0.5, 0.6) is 17.2 Å². The van der Waals surface area contributed by atoms with Crippen LogP contribution in [0, 0.1) is 5.92 Å². The fourth-order valence-corrected chi connectivity index (χ4v) is 8.26. The molecule has 4 aromatic rings. The van der Waals surface area contributed by atoms with Crippen molar-refractivity contribution in [2.24, 2.45) is 28.9 Å². The molecule has 2 aliphatic rings. The minimum absolute atomic E-state index is 0.00164. The number of rotatable bonds is 23. The molecule has 3 unspecified atom stereocenters. The van der Waals surface area contributed by atoms with E-state index < -0.39 is 30.4 Å². The fraction of sp³-hybridized carbons (Fsp3) is 0.423. The van der Waals surface area contributed by atoms with Crippen molar-refractivity contribution in [2.75, 3.05) is 39.5 Å². The van der Waals surface area contributed by atoms with Gasteiger partial charge in [0.15, 0.2) is 0 Å². The second-order valence-electron chi connectivity index (χ2n) is 17.0. The lowest BCUT2D eigenvalue weighted by atomic mass is 9.87. The maximum absolute atomic E-state index is 13.8. The van der Waals surface area contributed by atoms with Crippen molar-refractivity contribution in [3.05, 3.63) is 124 Å². The minimum Gasteiger partial charge on any atom is -0.494 e. The Labute approximate surface area is 385 Å². The lowest BCUT2D eigenvalue weighted by Gasteiger charge is -2.19. The molecule has 0 bridgehead atoms. The summed E-state index contributed by atoms with van der Waals surface area (Å²) in [5.74, 6) is 0.419. The number of allylic oxidation sites excluding steroid dienone is 2. The first kappa shape index (κ1) is 49.8. The molecule has 66 heavy (non-hydrogen) atoms. The molecule has 11 nitrogen and oxygen atoms in total. The molecule has 8 N–H and O–H groups in total. The number of esters is 2. The van der Waals surface area contributed by atoms with E-state index in [4.69, 9.17) is 41.9 Å². The Bertz CT molecular complexity index is 2280. The first-order chi connectivity index (χ1) is 31.9. The van der Waals surface area contributed by atoms with Crippen molar-refractivity contribution in [3.8, 4) is 17.2 Å². The van der Waals surface area contributed by atoms with Gasteiger partial charge >= 0.3 is 18.3 Å². The van der Waals surface area contributed by atoms with Gasteiger partial charge in [-0.25, -0.2) is 0 Å². The number of fused-ring (bicyclic) bond motifs is 2. The summed E-state index contributed by atoms with van der Waals surface area (Å²) in [7, 11) is 0. The molecule has 6 rings (SSSR count). The number of nitrogens with two attached hydrogens (primary N) is 4. The maximum atomic E-state index is 13.8. The third-order valence-electron chi connectivity index (χ3n) is 11.9. The summed E-state index contributed by atoms with van der Waals surface area (Å²) in [5, 5.41) is 0. The van der Waals surface area contributed by atoms with Crippen LogP contribution in [0.4, 0.5) is 13.2 Å². The Kier molecular flexibility index (Phi) is 18.7. The van der Waals surface area contributed by atoms with E-state index in [9.17, 15) is 22.8 Å². The first-order valence-electron chi connectivity index (χ1n) is 23.0. The fourth-order valence-electron chi connectivity index (χ4n) is 8.26. The van der Waals surface area contributed by atoms with Crippen molar-refractivity contribution in [1.82, 2.24) is 0 Å². The van der Waals surface area contributed by atoms with Crippen LogP contribution < -0.4 is 37.1 Å². The highest BCUT2D eigenvalue weighted by Crippen LogP contribution is 2.40. The van der Waals surface area contributed by atoms with E-state index in [1.54, 1.807) is 6.07 Å². The highest BCUT2D eigenvalue weighted by atomic mass is 19.4. The van der Waals surface area contributed by atoms with E-state index in [-0.39, 0.29) is 38.0 Å². The summed E-state index contributed by atoms with van der Waals surface area (Å²) in [6, 6.07) is 25.8. The third-order valence-corrected chi connectivity index (χ3v) is 11.9. The summed E-state index contributed by atoms with van der Waals surface area (Å²) in [4.78, 5) is 23.5. The van der Waals surface area contributed by atoms with Crippen molar-refractivity contribution >= 4 is 35.2 Å². The summed E-state index contributed by atoms with van der Waals surface area (Å²) >= 11 is 0. The van der Waals surface area contributed by atoms with E-state index in [2.05, 4.69) is 35.1 Å². The third kappa shape index (κ3) is 15.2. The van der Waals surface area contributed by atoms with Gasteiger partial charge in [-0.15, -0.1) is 13.2 Å². The predicted octanol–water partition coefficient (Wildman–Crippen LogP) is 8.56. The Hall–Kier alpha value is -5.67. The van der Waals surface area contributed by atoms with Crippen LogP contribution in [0.25, 0.3) is 23.3 Å². The van der Waals surface area contributed by atoms with Gasteiger partial charge < -0.3 is 46.6 Å². The van der Waals surface area contributed by atoms with Gasteiger partial charge in [0.25, 0.3) is 0 Å². The molecule has 0 spiro atoms. The molecule has 0 aromatic heterocycles. The normalized spacial score (nSPS) is 15.7. The number of benzene rings is 4. The molecule has 354 valence electrons. The smallest absolute Gasteiger partial charge is 0.494 e. The average molecular weight is 913 g/mol. The molecular formula is C52H63F3N4O7. The molecule has 0 saturated heterocycles. The second kappa shape index (κ2) is 24.7. The molecule has 0 amide bonds. The van der Waals surface area contributed by atoms with Gasteiger partial charge in [0.1, 0.15) is 29.3 Å². The number of halogens is 3. The highest BCUT2D eigenvalue weighted by Gasteiger charge is 2.33. The van der Waals surface area contributed by atoms with E-state index in [0.29, 0.717) is 43.8 Å². The van der Waals surface area contributed by atoms with Gasteiger partial charge in [-0.2, -0.15) is 0 Å². The van der Waals surface area contributed by atoms with Crippen LogP contribution in [0.2, 0.25) is 0 Å². The van der Waals surface area contributed by atoms with Crippen LogP contribution >= 0.6 is 0 Å². The van der Waals surface area contributed by atoms with E-state index in [1.807, 2.05) is 54.6 Å². The van der Waals surface area contributed by atoms with Crippen molar-refractivity contribution in [3.63, 3.8) is 0 Å². The standard InChI is InChI=1S/C52H63F3N4O7/c53-52(54,55)66-49-21-16-35(28-46(49)40-13-8-12-38-17-19-44(31-42(38)29-40)63-24-9-25-65-51(61)48(59)34-57)14-15-36-26-39-18-20-45(32-43(39)30-41(27-36)37-10-4-3-5-11-37)62-22-6-1-2-7-23-64-50(60)47(58)33-56/h3-5,10-11,16-21,28-32,36,47-48H,1-2,6-9,12-15,22-27,33-34,56-59H2. The zero-order valence-electron chi connectivity index (χ0n) is 37.5. The van der Waals surface area contributed by atoms with Crippen LogP contribution in [0.3, 0.4) is 0 Å². The predicted molar refractivity (Wildman–Crippen MR) is 251 cm³/mol. The summed E-state index contributed by atoms with van der Waals surface area (Å²) in [6.07, 6.45) is 8.49. The number of carbonyl (C=O) groups excluding carboxylic acids is 2. The van der Waals surface area contributed by atoms with Gasteiger partial charge in [0, 0.05) is 25.1 Å². The lowest BCUT2D eigenvalue weighted by molar-refractivity contribution is -0.274. The van der Waals surface area contributed by atoms with Crippen LogP contribution in [0.15, 0.2) is 84.9 Å². The van der Waals surface area contributed by atoms with E-state index in [1.165, 1.54) is 17.2 Å². The van der Waals surface area contributed by atoms with E-state index >= 15 is 0 Å². The first-order valence-corrected chi connectivity index (χ1v) is 23.0. The van der Waals surface area contributed by atoms with Crippen molar-refractivity contribution in [1.29, 1.82) is 0 Å². The second-order valence-corrected chi connectivity index (χ2v) is 17.0. The number of aryl methyl sites for hydroxylation is 2. The molecule has 14 heteroatoms. The molecule has 2 aliphatic carbocycles. The van der Waals surface area contributed by atoms with Crippen LogP contribution in [0.1, 0.15) is 96.7 Å². The summed E-state index contributed by atoms with van der Waals surface area (Å²) < 4.78 is 68.6. The topological polar surface area (TPSA) is 184 Å². The Morgan fingerprint density at radius 1 is 0.652 bits per heavy atom. The zero-order valence-corrected chi connectivity index (χ0v) is 37.5. The summed E-state index contributed by atoms with van der Waals surface area (Å²) in [5.41, 5.74) is 30.8. The Morgan fingerprint density at radius 2 is 1.26 bits per heavy atom. The van der Waals surface area contributed by atoms with Gasteiger partial charge in [0.05, 0.1) is 26.4 Å². The Morgan fingerprint density at radius 3 is 1.92 bits per heavy atom. The van der Waals surface area contributed by atoms with Crippen LogP contribution in [-0.2, 0) is 38.3 Å². The molecule has 3 atom stereocenters. The van der Waals surface area contributed by atoms with Crippen molar-refractivity contribution in [2.45, 2.75) is 95.5 Å². The van der Waals surface area contributed by atoms with Gasteiger partial charge in [0.2, 0.25) is 0 Å². The van der Waals surface area contributed by atoms with Crippen LogP contribution in [-0.4, -0.2) is 69.9 Å². The number of carbonyl (C=O) groups is 2. The molecule has 0 heterocycles. The monoisotopic (exact) mass is 912 g/mol. The minimum atomic E-state index is -4.86. The number of hydrogen-bond donors (Lipinski definition) is 4. The number of ether oxygens (including phenoxy) is 5.